The lowest BCUT2D eigenvalue weighted by Gasteiger charge is -2.33. The number of fused-ring (bicyclic) bond motifs is 1. The van der Waals surface area contributed by atoms with Crippen LogP contribution in [-0.4, -0.2) is 48.8 Å². The Balaban J connectivity index is 1.46. The van der Waals surface area contributed by atoms with Crippen molar-refractivity contribution in [2.75, 3.05) is 38.3 Å². The molecule has 0 spiro atoms. The number of aromatic nitrogens is 2. The van der Waals surface area contributed by atoms with Gasteiger partial charge in [-0.25, -0.2) is 4.98 Å². The third kappa shape index (κ3) is 4.74. The van der Waals surface area contributed by atoms with Crippen molar-refractivity contribution < 1.29 is 9.53 Å². The lowest BCUT2D eigenvalue weighted by molar-refractivity contribution is -0.125. The topological polar surface area (TPSA) is 59.4 Å². The zero-order valence-corrected chi connectivity index (χ0v) is 17.6. The van der Waals surface area contributed by atoms with Gasteiger partial charge in [0.2, 0.25) is 11.9 Å². The highest BCUT2D eigenvalue weighted by molar-refractivity contribution is 5.80. The van der Waals surface area contributed by atoms with Gasteiger partial charge in [-0.3, -0.25) is 4.79 Å². The normalized spacial score (nSPS) is 19.0. The van der Waals surface area contributed by atoms with E-state index in [0.717, 1.165) is 49.9 Å². The van der Waals surface area contributed by atoms with Gasteiger partial charge in [-0.15, -0.1) is 0 Å². The summed E-state index contributed by atoms with van der Waals surface area (Å²) in [7, 11) is 1.66. The molecule has 1 aromatic carbocycles. The molecule has 6 nitrogen and oxygen atoms in total. The minimum absolute atomic E-state index is 0.0966. The van der Waals surface area contributed by atoms with Crippen LogP contribution in [0.25, 0.3) is 11.0 Å². The molecule has 1 N–H and O–H groups in total. The van der Waals surface area contributed by atoms with E-state index in [1.807, 2.05) is 0 Å². The van der Waals surface area contributed by atoms with Crippen LogP contribution >= 0.6 is 0 Å². The molecule has 1 saturated heterocycles. The van der Waals surface area contributed by atoms with Gasteiger partial charge in [0.1, 0.15) is 0 Å². The largest absolute Gasteiger partial charge is 0.383 e. The van der Waals surface area contributed by atoms with Gasteiger partial charge in [0.15, 0.2) is 0 Å². The average molecular weight is 399 g/mol. The smallest absolute Gasteiger partial charge is 0.223 e. The number of carbonyl (C=O) groups is 1. The number of rotatable bonds is 7. The van der Waals surface area contributed by atoms with Crippen LogP contribution in [-0.2, 0) is 16.1 Å². The number of benzene rings is 1. The number of anilines is 1. The van der Waals surface area contributed by atoms with Crippen LogP contribution in [0.3, 0.4) is 0 Å². The van der Waals surface area contributed by atoms with E-state index >= 15 is 0 Å². The van der Waals surface area contributed by atoms with Crippen molar-refractivity contribution in [1.29, 1.82) is 0 Å². The number of piperidine rings is 1. The molecule has 1 aliphatic carbocycles. The number of nitrogens with one attached hydrogen (secondary N) is 1. The van der Waals surface area contributed by atoms with E-state index < -0.39 is 0 Å². The van der Waals surface area contributed by atoms with Crippen LogP contribution in [0.1, 0.15) is 44.9 Å². The van der Waals surface area contributed by atoms with E-state index in [4.69, 9.17) is 9.72 Å². The highest BCUT2D eigenvalue weighted by atomic mass is 16.5. The molecule has 1 amide bonds. The number of imidazole rings is 1. The van der Waals surface area contributed by atoms with E-state index in [-0.39, 0.29) is 11.8 Å². The zero-order valence-electron chi connectivity index (χ0n) is 17.6. The third-order valence-electron chi connectivity index (χ3n) is 6.55. The van der Waals surface area contributed by atoms with E-state index in [2.05, 4.69) is 39.0 Å². The molecule has 2 heterocycles. The van der Waals surface area contributed by atoms with Crippen molar-refractivity contribution in [2.24, 2.45) is 11.8 Å². The van der Waals surface area contributed by atoms with Gasteiger partial charge in [0.25, 0.3) is 0 Å². The molecular weight excluding hydrogens is 364 g/mol. The first-order valence-electron chi connectivity index (χ1n) is 11.2. The number of amides is 1. The molecule has 29 heavy (non-hydrogen) atoms. The molecule has 1 saturated carbocycles. The predicted octanol–water partition coefficient (Wildman–Crippen LogP) is 3.60. The minimum atomic E-state index is 0.0966. The Kier molecular flexibility index (Phi) is 6.70. The summed E-state index contributed by atoms with van der Waals surface area (Å²) >= 11 is 0. The number of methoxy groups -OCH3 is 1. The van der Waals surface area contributed by atoms with E-state index in [1.165, 1.54) is 37.6 Å². The van der Waals surface area contributed by atoms with Crippen molar-refractivity contribution in [3.05, 3.63) is 24.3 Å². The lowest BCUT2D eigenvalue weighted by atomic mass is 9.89. The molecule has 0 atom stereocenters. The van der Waals surface area contributed by atoms with Gasteiger partial charge < -0.3 is 19.5 Å². The van der Waals surface area contributed by atoms with Crippen molar-refractivity contribution in [3.8, 4) is 0 Å². The SMILES string of the molecule is COCCNC(=O)C1CCN(c2nc3ccccc3n2CC2CCCCC2)CC1. The Morgan fingerprint density at radius 2 is 1.90 bits per heavy atom. The molecule has 0 radical (unpaired) electrons. The quantitative estimate of drug-likeness (QED) is 0.724. The molecule has 2 aromatic rings. The monoisotopic (exact) mass is 398 g/mol. The lowest BCUT2D eigenvalue weighted by Crippen LogP contribution is -2.42. The van der Waals surface area contributed by atoms with E-state index in [1.54, 1.807) is 7.11 Å². The van der Waals surface area contributed by atoms with Crippen molar-refractivity contribution in [1.82, 2.24) is 14.9 Å². The molecule has 158 valence electrons. The standard InChI is InChI=1S/C23H34N4O2/c1-29-16-13-24-22(28)19-11-14-26(15-12-19)23-25-20-9-5-6-10-21(20)27(23)17-18-7-3-2-4-8-18/h5-6,9-10,18-19H,2-4,7-8,11-17H2,1H3,(H,24,28). The van der Waals surface area contributed by atoms with Crippen LogP contribution in [0, 0.1) is 11.8 Å². The maximum absolute atomic E-state index is 12.4. The summed E-state index contributed by atoms with van der Waals surface area (Å²) < 4.78 is 7.47. The summed E-state index contributed by atoms with van der Waals surface area (Å²) in [6.07, 6.45) is 8.52. The Labute approximate surface area is 173 Å². The highest BCUT2D eigenvalue weighted by Crippen LogP contribution is 2.31. The molecule has 1 aromatic heterocycles. The fraction of sp³-hybridized carbons (Fsp3) is 0.652. The molecular formula is C23H34N4O2. The van der Waals surface area contributed by atoms with Gasteiger partial charge >= 0.3 is 0 Å². The van der Waals surface area contributed by atoms with Crippen LogP contribution in [0.15, 0.2) is 24.3 Å². The van der Waals surface area contributed by atoms with Crippen LogP contribution < -0.4 is 10.2 Å². The summed E-state index contributed by atoms with van der Waals surface area (Å²) in [4.78, 5) is 19.8. The first-order valence-corrected chi connectivity index (χ1v) is 11.2. The van der Waals surface area contributed by atoms with Crippen molar-refractivity contribution in [3.63, 3.8) is 0 Å². The molecule has 1 aliphatic heterocycles. The summed E-state index contributed by atoms with van der Waals surface area (Å²) in [5.74, 6) is 2.11. The van der Waals surface area contributed by atoms with Gasteiger partial charge in [-0.2, -0.15) is 0 Å². The maximum atomic E-state index is 12.4. The molecule has 6 heteroatoms. The van der Waals surface area contributed by atoms with Crippen LogP contribution in [0.2, 0.25) is 0 Å². The molecule has 0 unspecified atom stereocenters. The summed E-state index contributed by atoms with van der Waals surface area (Å²) in [6, 6.07) is 8.50. The molecule has 2 aliphatic rings. The third-order valence-corrected chi connectivity index (χ3v) is 6.55. The Morgan fingerprint density at radius 3 is 2.66 bits per heavy atom. The highest BCUT2D eigenvalue weighted by Gasteiger charge is 2.28. The second-order valence-corrected chi connectivity index (χ2v) is 8.56. The number of ether oxygens (including phenoxy) is 1. The number of nitrogens with zero attached hydrogens (tertiary/aromatic N) is 3. The molecule has 0 bridgehead atoms. The second-order valence-electron chi connectivity index (χ2n) is 8.56. The van der Waals surface area contributed by atoms with Crippen molar-refractivity contribution >= 4 is 22.9 Å². The fourth-order valence-corrected chi connectivity index (χ4v) is 4.87. The van der Waals surface area contributed by atoms with E-state index in [0.29, 0.717) is 13.2 Å². The summed E-state index contributed by atoms with van der Waals surface area (Å²) in [6.45, 7) is 3.99. The first-order chi connectivity index (χ1) is 14.3. The van der Waals surface area contributed by atoms with E-state index in [9.17, 15) is 4.79 Å². The van der Waals surface area contributed by atoms with Gasteiger partial charge in [0.05, 0.1) is 17.6 Å². The number of hydrogen-bond acceptors (Lipinski definition) is 4. The zero-order chi connectivity index (χ0) is 20.1. The number of carbonyl (C=O) groups excluding carboxylic acids is 1. The number of hydrogen-bond donors (Lipinski definition) is 1. The van der Waals surface area contributed by atoms with Crippen LogP contribution in [0.4, 0.5) is 5.95 Å². The average Bonchev–Trinajstić information content (AvgIpc) is 3.13. The van der Waals surface area contributed by atoms with Gasteiger partial charge in [0, 0.05) is 39.2 Å². The predicted molar refractivity (Wildman–Crippen MR) is 116 cm³/mol. The second kappa shape index (κ2) is 9.61. The van der Waals surface area contributed by atoms with Crippen molar-refractivity contribution in [2.45, 2.75) is 51.5 Å². The first kappa shape index (κ1) is 20.2. The minimum Gasteiger partial charge on any atom is -0.383 e. The Bertz CT molecular complexity index is 804. The van der Waals surface area contributed by atoms with Gasteiger partial charge in [-0.05, 0) is 43.7 Å². The fourth-order valence-electron chi connectivity index (χ4n) is 4.87. The number of para-hydroxylation sites is 2. The summed E-state index contributed by atoms with van der Waals surface area (Å²) in [5, 5.41) is 2.99. The Morgan fingerprint density at radius 1 is 1.14 bits per heavy atom. The molecule has 2 fully saturated rings. The van der Waals surface area contributed by atoms with Gasteiger partial charge in [-0.1, -0.05) is 31.4 Å². The Hall–Kier alpha value is -2.08. The maximum Gasteiger partial charge on any atom is 0.223 e. The summed E-state index contributed by atoms with van der Waals surface area (Å²) in [5.41, 5.74) is 2.32. The molecule has 4 rings (SSSR count). The van der Waals surface area contributed by atoms with Crippen LogP contribution in [0.5, 0.6) is 0 Å².